The molecule has 1 atom stereocenters. The molecule has 0 bridgehead atoms. The number of aliphatic hydroxyl groups excluding tert-OH is 1. The SMILES string of the molecule is CSCCNC[C@@H](C)O. The predicted molar refractivity (Wildman–Crippen MR) is 42.9 cm³/mol. The van der Waals surface area contributed by atoms with Gasteiger partial charge in [0, 0.05) is 18.8 Å². The van der Waals surface area contributed by atoms with E-state index >= 15 is 0 Å². The third-order valence-corrected chi connectivity index (χ3v) is 1.54. The van der Waals surface area contributed by atoms with E-state index in [0.29, 0.717) is 6.54 Å². The fourth-order valence-corrected chi connectivity index (χ4v) is 0.834. The van der Waals surface area contributed by atoms with Gasteiger partial charge in [0.2, 0.25) is 0 Å². The molecule has 0 radical (unpaired) electrons. The Morgan fingerprint density at radius 1 is 1.67 bits per heavy atom. The lowest BCUT2D eigenvalue weighted by Crippen LogP contribution is -2.26. The van der Waals surface area contributed by atoms with Crippen LogP contribution in [-0.2, 0) is 0 Å². The second-order valence-corrected chi connectivity index (χ2v) is 3.03. The monoisotopic (exact) mass is 149 g/mol. The molecule has 0 aromatic heterocycles. The average molecular weight is 149 g/mol. The van der Waals surface area contributed by atoms with Gasteiger partial charge in [-0.25, -0.2) is 0 Å². The normalized spacial score (nSPS) is 13.7. The van der Waals surface area contributed by atoms with E-state index in [2.05, 4.69) is 11.6 Å². The molecule has 0 aromatic carbocycles. The maximum absolute atomic E-state index is 8.78. The number of aliphatic hydroxyl groups is 1. The van der Waals surface area contributed by atoms with E-state index in [-0.39, 0.29) is 6.10 Å². The van der Waals surface area contributed by atoms with Crippen LogP contribution in [0.2, 0.25) is 0 Å². The number of rotatable bonds is 5. The molecular weight excluding hydrogens is 134 g/mol. The van der Waals surface area contributed by atoms with Gasteiger partial charge in [-0.15, -0.1) is 0 Å². The van der Waals surface area contributed by atoms with Crippen LogP contribution in [0.5, 0.6) is 0 Å². The van der Waals surface area contributed by atoms with Crippen molar-refractivity contribution in [2.24, 2.45) is 0 Å². The lowest BCUT2D eigenvalue weighted by molar-refractivity contribution is 0.192. The molecule has 0 aliphatic carbocycles. The van der Waals surface area contributed by atoms with Crippen molar-refractivity contribution >= 4 is 11.8 Å². The molecule has 2 nitrogen and oxygen atoms in total. The molecule has 0 saturated heterocycles. The van der Waals surface area contributed by atoms with Crippen molar-refractivity contribution in [1.29, 1.82) is 0 Å². The molecule has 0 spiro atoms. The van der Waals surface area contributed by atoms with Crippen LogP contribution in [0.3, 0.4) is 0 Å². The van der Waals surface area contributed by atoms with Crippen molar-refractivity contribution in [3.8, 4) is 0 Å². The second-order valence-electron chi connectivity index (χ2n) is 2.05. The summed E-state index contributed by atoms with van der Waals surface area (Å²) in [5.74, 6) is 1.12. The quantitative estimate of drug-likeness (QED) is 0.552. The summed E-state index contributed by atoms with van der Waals surface area (Å²) in [7, 11) is 0. The fourth-order valence-electron chi connectivity index (χ4n) is 0.485. The van der Waals surface area contributed by atoms with E-state index < -0.39 is 0 Å². The Bertz CT molecular complexity index is 59.0. The van der Waals surface area contributed by atoms with Gasteiger partial charge in [0.25, 0.3) is 0 Å². The summed E-state index contributed by atoms with van der Waals surface area (Å²) < 4.78 is 0. The summed E-state index contributed by atoms with van der Waals surface area (Å²) in [6.45, 7) is 3.48. The highest BCUT2D eigenvalue weighted by Gasteiger charge is 1.91. The number of nitrogens with one attached hydrogen (secondary N) is 1. The summed E-state index contributed by atoms with van der Waals surface area (Å²) in [6.07, 6.45) is 1.86. The van der Waals surface area contributed by atoms with Crippen molar-refractivity contribution in [3.05, 3.63) is 0 Å². The topological polar surface area (TPSA) is 32.3 Å². The van der Waals surface area contributed by atoms with Crippen LogP contribution in [0.4, 0.5) is 0 Å². The molecule has 0 heterocycles. The summed E-state index contributed by atoms with van der Waals surface area (Å²) in [4.78, 5) is 0. The van der Waals surface area contributed by atoms with Crippen LogP contribution in [0, 0.1) is 0 Å². The lowest BCUT2D eigenvalue weighted by Gasteiger charge is -2.04. The van der Waals surface area contributed by atoms with Crippen LogP contribution in [0.15, 0.2) is 0 Å². The maximum atomic E-state index is 8.78. The molecule has 0 aliphatic rings. The molecule has 0 fully saturated rings. The zero-order chi connectivity index (χ0) is 7.11. The van der Waals surface area contributed by atoms with Gasteiger partial charge in [-0.1, -0.05) is 0 Å². The number of hydrogen-bond donors (Lipinski definition) is 2. The summed E-state index contributed by atoms with van der Waals surface area (Å²) >= 11 is 1.81. The first-order valence-corrected chi connectivity index (χ1v) is 4.54. The second kappa shape index (κ2) is 6.39. The number of hydrogen-bond acceptors (Lipinski definition) is 3. The first-order chi connectivity index (χ1) is 4.27. The molecular formula is C6H15NOS. The van der Waals surface area contributed by atoms with Crippen LogP contribution in [0.25, 0.3) is 0 Å². The zero-order valence-corrected chi connectivity index (χ0v) is 6.87. The minimum absolute atomic E-state index is 0.216. The van der Waals surface area contributed by atoms with Gasteiger partial charge in [-0.2, -0.15) is 11.8 Å². The van der Waals surface area contributed by atoms with E-state index in [1.165, 1.54) is 0 Å². The third kappa shape index (κ3) is 8.27. The van der Waals surface area contributed by atoms with Gasteiger partial charge in [-0.3, -0.25) is 0 Å². The van der Waals surface area contributed by atoms with Crippen molar-refractivity contribution in [1.82, 2.24) is 5.32 Å². The summed E-state index contributed by atoms with van der Waals surface area (Å²) in [5.41, 5.74) is 0. The molecule has 2 N–H and O–H groups in total. The van der Waals surface area contributed by atoms with E-state index in [0.717, 1.165) is 12.3 Å². The van der Waals surface area contributed by atoms with Crippen LogP contribution >= 0.6 is 11.8 Å². The third-order valence-electron chi connectivity index (χ3n) is 0.923. The molecule has 0 rings (SSSR count). The standard InChI is InChI=1S/C6H15NOS/c1-6(8)5-7-3-4-9-2/h6-8H,3-5H2,1-2H3/t6-/m1/s1. The van der Waals surface area contributed by atoms with Crippen molar-refractivity contribution < 1.29 is 5.11 Å². The number of thioether (sulfide) groups is 1. The highest BCUT2D eigenvalue weighted by atomic mass is 32.2. The first kappa shape index (κ1) is 9.27. The maximum Gasteiger partial charge on any atom is 0.0636 e. The fraction of sp³-hybridized carbons (Fsp3) is 1.00. The van der Waals surface area contributed by atoms with E-state index in [9.17, 15) is 0 Å². The van der Waals surface area contributed by atoms with E-state index in [4.69, 9.17) is 5.11 Å². The zero-order valence-electron chi connectivity index (χ0n) is 6.05. The Morgan fingerprint density at radius 2 is 2.33 bits per heavy atom. The molecule has 0 unspecified atom stereocenters. The van der Waals surface area contributed by atoms with Crippen LogP contribution in [-0.4, -0.2) is 36.3 Å². The minimum atomic E-state index is -0.216. The minimum Gasteiger partial charge on any atom is -0.392 e. The molecule has 0 aromatic rings. The van der Waals surface area contributed by atoms with Crippen molar-refractivity contribution in [2.45, 2.75) is 13.0 Å². The Labute approximate surface area is 61.0 Å². The van der Waals surface area contributed by atoms with Crippen molar-refractivity contribution in [3.63, 3.8) is 0 Å². The predicted octanol–water partition coefficient (Wildman–Crippen LogP) is 0.320. The van der Waals surface area contributed by atoms with Gasteiger partial charge in [0.05, 0.1) is 6.10 Å². The van der Waals surface area contributed by atoms with Gasteiger partial charge < -0.3 is 10.4 Å². The Hall–Kier alpha value is 0.270. The Kier molecular flexibility index (Phi) is 6.58. The van der Waals surface area contributed by atoms with Gasteiger partial charge in [-0.05, 0) is 13.2 Å². The highest BCUT2D eigenvalue weighted by molar-refractivity contribution is 7.98. The van der Waals surface area contributed by atoms with Gasteiger partial charge in [0.15, 0.2) is 0 Å². The molecule has 3 heteroatoms. The highest BCUT2D eigenvalue weighted by Crippen LogP contribution is 1.86. The van der Waals surface area contributed by atoms with E-state index in [1.54, 1.807) is 6.92 Å². The molecule has 0 amide bonds. The molecule has 0 aliphatic heterocycles. The van der Waals surface area contributed by atoms with Gasteiger partial charge >= 0.3 is 0 Å². The first-order valence-electron chi connectivity index (χ1n) is 3.15. The lowest BCUT2D eigenvalue weighted by atomic mass is 10.4. The molecule has 56 valence electrons. The van der Waals surface area contributed by atoms with Crippen LogP contribution in [0.1, 0.15) is 6.92 Å². The van der Waals surface area contributed by atoms with Gasteiger partial charge in [0.1, 0.15) is 0 Å². The largest absolute Gasteiger partial charge is 0.392 e. The Morgan fingerprint density at radius 3 is 2.78 bits per heavy atom. The summed E-state index contributed by atoms with van der Waals surface area (Å²) in [5, 5.41) is 11.9. The summed E-state index contributed by atoms with van der Waals surface area (Å²) in [6, 6.07) is 0. The Balaban J connectivity index is 2.75. The van der Waals surface area contributed by atoms with E-state index in [1.807, 2.05) is 11.8 Å². The van der Waals surface area contributed by atoms with Crippen molar-refractivity contribution in [2.75, 3.05) is 25.1 Å². The van der Waals surface area contributed by atoms with Crippen LogP contribution < -0.4 is 5.32 Å². The smallest absolute Gasteiger partial charge is 0.0636 e. The molecule has 9 heavy (non-hydrogen) atoms. The molecule has 0 saturated carbocycles. The average Bonchev–Trinajstić information content (AvgIpc) is 1.80.